The Kier molecular flexibility index (Phi) is 6.65. The maximum Gasteiger partial charge on any atom is 0.241 e. The summed E-state index contributed by atoms with van der Waals surface area (Å²) in [5.74, 6) is 3.19. The number of aryl methyl sites for hydroxylation is 1. The number of aromatic nitrogens is 5. The van der Waals surface area contributed by atoms with Gasteiger partial charge in [-0.1, -0.05) is 0 Å². The molecular formula is C25H35N7O2. The molecule has 2 aliphatic rings. The van der Waals surface area contributed by atoms with E-state index in [9.17, 15) is 5.11 Å². The quantitative estimate of drug-likeness (QED) is 0.548. The summed E-state index contributed by atoms with van der Waals surface area (Å²) in [4.78, 5) is 15.9. The molecule has 34 heavy (non-hydrogen) atoms. The van der Waals surface area contributed by atoms with Gasteiger partial charge in [-0.2, -0.15) is 0 Å². The molecule has 5 rings (SSSR count). The predicted molar refractivity (Wildman–Crippen MR) is 132 cm³/mol. The Balaban J connectivity index is 1.46. The average Bonchev–Trinajstić information content (AvgIpc) is 3.45. The van der Waals surface area contributed by atoms with Gasteiger partial charge in [0.05, 0.1) is 24.4 Å². The van der Waals surface area contributed by atoms with Gasteiger partial charge in [-0.25, -0.2) is 19.5 Å². The molecule has 2 fully saturated rings. The van der Waals surface area contributed by atoms with Gasteiger partial charge in [-0.15, -0.1) is 5.10 Å². The second-order valence-corrected chi connectivity index (χ2v) is 9.80. The molecule has 9 heteroatoms. The predicted octanol–water partition coefficient (Wildman–Crippen LogP) is 3.29. The van der Waals surface area contributed by atoms with Crippen LogP contribution in [0.5, 0.6) is 0 Å². The van der Waals surface area contributed by atoms with Gasteiger partial charge in [0, 0.05) is 50.0 Å². The Hall–Kier alpha value is -2.78. The molecule has 4 heterocycles. The van der Waals surface area contributed by atoms with Crippen LogP contribution in [0, 0.1) is 6.92 Å². The number of hydrogen-bond acceptors (Lipinski definition) is 8. The standard InChI is InChI=1S/C25H35N7O2/c1-16(15-34-3)28-25-27-13-23-21(12-22(32(23)30-25)18-4-6-20(33)7-5-18)19-9-11-31(14-19)24-8-10-26-17(2)29-24/h8,10,12-13,16,18-20,33H,4-7,9,11,14-15H2,1-3H3,(H,28,30)/t16-,18?,19-,20?/m0/s1. The van der Waals surface area contributed by atoms with E-state index in [0.717, 1.165) is 62.4 Å². The van der Waals surface area contributed by atoms with Gasteiger partial charge in [-0.05, 0) is 63.6 Å². The van der Waals surface area contributed by atoms with E-state index in [1.54, 1.807) is 7.11 Å². The summed E-state index contributed by atoms with van der Waals surface area (Å²) in [7, 11) is 1.70. The number of ether oxygens (including phenoxy) is 1. The van der Waals surface area contributed by atoms with Crippen LogP contribution in [0.15, 0.2) is 24.5 Å². The number of nitrogens with zero attached hydrogens (tertiary/aromatic N) is 6. The van der Waals surface area contributed by atoms with Crippen molar-refractivity contribution in [3.63, 3.8) is 0 Å². The van der Waals surface area contributed by atoms with E-state index in [0.29, 0.717) is 24.4 Å². The third-order valence-electron chi connectivity index (χ3n) is 7.20. The Morgan fingerprint density at radius 2 is 2.00 bits per heavy atom. The van der Waals surface area contributed by atoms with Crippen molar-refractivity contribution in [3.8, 4) is 0 Å². The van der Waals surface area contributed by atoms with Gasteiger partial charge in [-0.3, -0.25) is 0 Å². The van der Waals surface area contributed by atoms with E-state index in [1.165, 1.54) is 11.3 Å². The monoisotopic (exact) mass is 465 g/mol. The number of nitrogens with one attached hydrogen (secondary N) is 1. The van der Waals surface area contributed by atoms with Crippen molar-refractivity contribution in [2.75, 3.05) is 37.0 Å². The lowest BCUT2D eigenvalue weighted by molar-refractivity contribution is 0.121. The number of aliphatic hydroxyl groups is 1. The first-order valence-corrected chi connectivity index (χ1v) is 12.4. The molecule has 9 nitrogen and oxygen atoms in total. The van der Waals surface area contributed by atoms with Crippen molar-refractivity contribution >= 4 is 17.3 Å². The number of rotatable bonds is 7. The van der Waals surface area contributed by atoms with E-state index in [1.807, 2.05) is 25.4 Å². The molecule has 0 spiro atoms. The third-order valence-corrected chi connectivity index (χ3v) is 7.20. The minimum absolute atomic E-state index is 0.116. The van der Waals surface area contributed by atoms with Crippen molar-refractivity contribution in [2.24, 2.45) is 0 Å². The molecule has 1 saturated heterocycles. The zero-order valence-corrected chi connectivity index (χ0v) is 20.3. The highest BCUT2D eigenvalue weighted by atomic mass is 16.5. The molecule has 2 N–H and O–H groups in total. The topological polar surface area (TPSA) is 101 Å². The van der Waals surface area contributed by atoms with E-state index in [-0.39, 0.29) is 12.1 Å². The van der Waals surface area contributed by atoms with E-state index >= 15 is 0 Å². The minimum atomic E-state index is -0.177. The molecule has 1 saturated carbocycles. The summed E-state index contributed by atoms with van der Waals surface area (Å²) in [6, 6.07) is 4.47. The van der Waals surface area contributed by atoms with Crippen LogP contribution in [0.4, 0.5) is 11.8 Å². The zero-order chi connectivity index (χ0) is 23.7. The van der Waals surface area contributed by atoms with Gasteiger partial charge in [0.2, 0.25) is 5.95 Å². The summed E-state index contributed by atoms with van der Waals surface area (Å²) >= 11 is 0. The van der Waals surface area contributed by atoms with E-state index in [2.05, 4.69) is 42.7 Å². The average molecular weight is 466 g/mol. The summed E-state index contributed by atoms with van der Waals surface area (Å²) in [6.07, 6.45) is 8.34. The normalized spacial score (nSPS) is 24.0. The fourth-order valence-corrected chi connectivity index (χ4v) is 5.45. The van der Waals surface area contributed by atoms with Crippen LogP contribution in [-0.4, -0.2) is 68.6 Å². The van der Waals surface area contributed by atoms with E-state index < -0.39 is 0 Å². The SMILES string of the molecule is COC[C@H](C)Nc1ncc2c([C@H]3CCN(c4ccnc(C)n4)C3)cc(C3CCC(O)CC3)n2n1. The first-order chi connectivity index (χ1) is 16.5. The highest BCUT2D eigenvalue weighted by molar-refractivity contribution is 5.60. The molecule has 1 aliphatic heterocycles. The summed E-state index contributed by atoms with van der Waals surface area (Å²) < 4.78 is 7.36. The van der Waals surface area contributed by atoms with Crippen molar-refractivity contribution in [3.05, 3.63) is 41.6 Å². The lowest BCUT2D eigenvalue weighted by Gasteiger charge is -2.25. The molecule has 0 aromatic carbocycles. The van der Waals surface area contributed by atoms with Crippen LogP contribution < -0.4 is 10.2 Å². The van der Waals surface area contributed by atoms with Crippen molar-refractivity contribution in [1.29, 1.82) is 0 Å². The van der Waals surface area contributed by atoms with Gasteiger partial charge < -0.3 is 20.1 Å². The Bertz CT molecular complexity index is 1130. The van der Waals surface area contributed by atoms with Crippen LogP contribution in [0.3, 0.4) is 0 Å². The maximum atomic E-state index is 10.0. The smallest absolute Gasteiger partial charge is 0.241 e. The van der Waals surface area contributed by atoms with Crippen molar-refractivity contribution in [1.82, 2.24) is 24.6 Å². The summed E-state index contributed by atoms with van der Waals surface area (Å²) in [5.41, 5.74) is 3.63. The molecule has 182 valence electrons. The Morgan fingerprint density at radius 1 is 1.18 bits per heavy atom. The van der Waals surface area contributed by atoms with E-state index in [4.69, 9.17) is 9.84 Å². The lowest BCUT2D eigenvalue weighted by atomic mass is 9.85. The van der Waals surface area contributed by atoms with Gasteiger partial charge in [0.1, 0.15) is 11.6 Å². The van der Waals surface area contributed by atoms with Crippen LogP contribution >= 0.6 is 0 Å². The molecular weight excluding hydrogens is 430 g/mol. The van der Waals surface area contributed by atoms with Crippen LogP contribution in [-0.2, 0) is 4.74 Å². The lowest BCUT2D eigenvalue weighted by Crippen LogP contribution is -2.23. The maximum absolute atomic E-state index is 10.0. The minimum Gasteiger partial charge on any atom is -0.393 e. The van der Waals surface area contributed by atoms with Crippen LogP contribution in [0.25, 0.3) is 5.52 Å². The molecule has 0 bridgehead atoms. The first kappa shape index (κ1) is 23.0. The number of aliphatic hydroxyl groups excluding tert-OH is 1. The molecule has 3 aromatic rings. The van der Waals surface area contributed by atoms with Crippen LogP contribution in [0.1, 0.15) is 67.9 Å². The highest BCUT2D eigenvalue weighted by Crippen LogP contribution is 2.39. The molecule has 2 atom stereocenters. The van der Waals surface area contributed by atoms with Crippen molar-refractivity contribution in [2.45, 2.75) is 69.9 Å². The van der Waals surface area contributed by atoms with Crippen LogP contribution in [0.2, 0.25) is 0 Å². The molecule has 0 radical (unpaired) electrons. The van der Waals surface area contributed by atoms with Gasteiger partial charge in [0.25, 0.3) is 0 Å². The Morgan fingerprint density at radius 3 is 2.76 bits per heavy atom. The second kappa shape index (κ2) is 9.84. The van der Waals surface area contributed by atoms with Crippen molar-refractivity contribution < 1.29 is 9.84 Å². The fraction of sp³-hybridized carbons (Fsp3) is 0.600. The highest BCUT2D eigenvalue weighted by Gasteiger charge is 2.31. The second-order valence-electron chi connectivity index (χ2n) is 9.80. The zero-order valence-electron chi connectivity index (χ0n) is 20.3. The molecule has 1 aliphatic carbocycles. The summed E-state index contributed by atoms with van der Waals surface area (Å²) in [5, 5.41) is 18.3. The third kappa shape index (κ3) is 4.72. The van der Waals surface area contributed by atoms with Gasteiger partial charge >= 0.3 is 0 Å². The van der Waals surface area contributed by atoms with Gasteiger partial charge in [0.15, 0.2) is 0 Å². The molecule has 0 unspecified atom stereocenters. The largest absolute Gasteiger partial charge is 0.393 e. The number of anilines is 2. The number of hydrogen-bond donors (Lipinski definition) is 2. The summed E-state index contributed by atoms with van der Waals surface area (Å²) in [6.45, 7) is 6.47. The Labute approximate surface area is 200 Å². The number of fused-ring (bicyclic) bond motifs is 1. The molecule has 0 amide bonds. The first-order valence-electron chi connectivity index (χ1n) is 12.4. The fourth-order valence-electron chi connectivity index (χ4n) is 5.45. The molecule has 3 aromatic heterocycles. The number of methoxy groups -OCH3 is 1.